The number of allylic oxidation sites excluding steroid dienone is 1. The zero-order valence-corrected chi connectivity index (χ0v) is 28.0. The largest absolute Gasteiger partial charge is 0.497 e. The fraction of sp³-hybridized carbons (Fsp3) is 0.444. The van der Waals surface area contributed by atoms with Crippen LogP contribution in [0.4, 0.5) is 0 Å². The number of methoxy groups -OCH3 is 4. The monoisotopic (exact) mass is 651 g/mol. The molecule has 0 amide bonds. The van der Waals surface area contributed by atoms with Gasteiger partial charge in [-0.2, -0.15) is 8.42 Å². The van der Waals surface area contributed by atoms with Gasteiger partial charge in [-0.25, -0.2) is 0 Å². The van der Waals surface area contributed by atoms with E-state index in [2.05, 4.69) is 4.90 Å². The highest BCUT2D eigenvalue weighted by Gasteiger charge is 2.51. The summed E-state index contributed by atoms with van der Waals surface area (Å²) in [5.41, 5.74) is 4.03. The predicted octanol–water partition coefficient (Wildman–Crippen LogP) is 6.25. The molecule has 5 rings (SSSR count). The Bertz CT molecular complexity index is 1630. The van der Waals surface area contributed by atoms with E-state index in [9.17, 15) is 13.0 Å². The molecule has 0 spiro atoms. The zero-order valence-electron chi connectivity index (χ0n) is 27.2. The van der Waals surface area contributed by atoms with Gasteiger partial charge in [-0.3, -0.25) is 9.45 Å². The SMILES string of the molecule is COCCC(C1=C(c2ccc(OC)cc2OC)CCc2cc(OC)ccc21)(c1ccc(OCCN2CCCCC2)cc1)S(=O)(=O)O. The van der Waals surface area contributed by atoms with Crippen LogP contribution in [-0.2, 0) is 26.0 Å². The Kier molecular flexibility index (Phi) is 10.9. The summed E-state index contributed by atoms with van der Waals surface area (Å²) in [4.78, 5) is 2.41. The van der Waals surface area contributed by atoms with E-state index in [1.165, 1.54) is 26.4 Å². The molecule has 1 aliphatic heterocycles. The molecule has 1 N–H and O–H groups in total. The summed E-state index contributed by atoms with van der Waals surface area (Å²) >= 11 is 0. The number of piperidine rings is 1. The number of nitrogens with zero attached hydrogens (tertiary/aromatic N) is 1. The molecule has 1 aliphatic carbocycles. The van der Waals surface area contributed by atoms with Crippen molar-refractivity contribution in [3.05, 3.63) is 82.9 Å². The normalized spacial score (nSPS) is 16.8. The van der Waals surface area contributed by atoms with Crippen molar-refractivity contribution in [2.24, 2.45) is 0 Å². The topological polar surface area (TPSA) is 104 Å². The maximum Gasteiger partial charge on any atom is 0.279 e. The van der Waals surface area contributed by atoms with Crippen LogP contribution < -0.4 is 18.9 Å². The number of fused-ring (bicyclic) bond motifs is 1. The fourth-order valence-corrected chi connectivity index (χ4v) is 8.10. The summed E-state index contributed by atoms with van der Waals surface area (Å²) in [5.74, 6) is 2.46. The standard InChI is InChI=1S/C36H45NO8S/c1-41-22-18-36(46(38,39)40,27-9-11-28(12-10-27)45-23-21-37-19-6-5-7-20-37)35-31-16-13-29(42-2)24-26(31)8-15-33(35)32-17-14-30(43-3)25-34(32)44-4/h9-14,16-17,24-25H,5-8,15,18-23H2,1-4H3,(H,38,39,40). The van der Waals surface area contributed by atoms with Gasteiger partial charge in [0.2, 0.25) is 0 Å². The van der Waals surface area contributed by atoms with Crippen molar-refractivity contribution in [3.63, 3.8) is 0 Å². The van der Waals surface area contributed by atoms with E-state index >= 15 is 0 Å². The van der Waals surface area contributed by atoms with Crippen LogP contribution in [0.3, 0.4) is 0 Å². The molecule has 46 heavy (non-hydrogen) atoms. The van der Waals surface area contributed by atoms with Gasteiger partial charge >= 0.3 is 0 Å². The van der Waals surface area contributed by atoms with Crippen LogP contribution >= 0.6 is 0 Å². The molecule has 0 radical (unpaired) electrons. The van der Waals surface area contributed by atoms with Gasteiger partial charge in [0.05, 0.1) is 21.3 Å². The van der Waals surface area contributed by atoms with Crippen molar-refractivity contribution < 1.29 is 36.7 Å². The molecule has 248 valence electrons. The van der Waals surface area contributed by atoms with Gasteiger partial charge in [0, 0.05) is 38.3 Å². The second kappa shape index (κ2) is 14.9. The lowest BCUT2D eigenvalue weighted by Crippen LogP contribution is -2.39. The van der Waals surface area contributed by atoms with Crippen LogP contribution in [0.25, 0.3) is 11.1 Å². The van der Waals surface area contributed by atoms with Crippen LogP contribution in [-0.4, -0.2) is 79.2 Å². The number of benzene rings is 3. The van der Waals surface area contributed by atoms with Crippen molar-refractivity contribution in [2.45, 2.75) is 43.3 Å². The van der Waals surface area contributed by atoms with Gasteiger partial charge in [0.1, 0.15) is 29.6 Å². The van der Waals surface area contributed by atoms with Crippen LogP contribution in [0.1, 0.15) is 54.4 Å². The van der Waals surface area contributed by atoms with Crippen LogP contribution in [0.2, 0.25) is 0 Å². The molecule has 1 fully saturated rings. The van der Waals surface area contributed by atoms with E-state index < -0.39 is 14.9 Å². The first kappa shape index (κ1) is 33.8. The third-order valence-electron chi connectivity index (χ3n) is 9.21. The summed E-state index contributed by atoms with van der Waals surface area (Å²) in [7, 11) is 1.47. The van der Waals surface area contributed by atoms with Crippen molar-refractivity contribution in [1.82, 2.24) is 4.90 Å². The van der Waals surface area contributed by atoms with Crippen molar-refractivity contribution >= 4 is 21.3 Å². The number of hydrogen-bond acceptors (Lipinski definition) is 8. The molecular formula is C36H45NO8S. The Morgan fingerprint density at radius 2 is 1.41 bits per heavy atom. The van der Waals surface area contributed by atoms with Gasteiger partial charge in [0.15, 0.2) is 4.75 Å². The highest BCUT2D eigenvalue weighted by atomic mass is 32.2. The second-order valence-corrected chi connectivity index (χ2v) is 13.4. The maximum atomic E-state index is 14.0. The van der Waals surface area contributed by atoms with E-state index in [-0.39, 0.29) is 13.0 Å². The van der Waals surface area contributed by atoms with Crippen LogP contribution in [0.15, 0.2) is 60.7 Å². The molecule has 3 aromatic rings. The summed E-state index contributed by atoms with van der Waals surface area (Å²) in [6.07, 6.45) is 4.81. The minimum atomic E-state index is -4.81. The van der Waals surface area contributed by atoms with Gasteiger partial charge in [0.25, 0.3) is 10.1 Å². The summed E-state index contributed by atoms with van der Waals surface area (Å²) in [5, 5.41) is 0. The Balaban J connectivity index is 1.68. The molecule has 0 saturated carbocycles. The molecule has 1 saturated heterocycles. The lowest BCUT2D eigenvalue weighted by molar-refractivity contribution is 0.183. The lowest BCUT2D eigenvalue weighted by atomic mass is 9.73. The van der Waals surface area contributed by atoms with Crippen molar-refractivity contribution in [2.75, 3.05) is 61.3 Å². The highest BCUT2D eigenvalue weighted by molar-refractivity contribution is 7.87. The Morgan fingerprint density at radius 1 is 0.761 bits per heavy atom. The molecule has 1 heterocycles. The fourth-order valence-electron chi connectivity index (χ4n) is 6.84. The third-order valence-corrected chi connectivity index (χ3v) is 10.7. The minimum Gasteiger partial charge on any atom is -0.497 e. The number of aryl methyl sites for hydroxylation is 1. The average Bonchev–Trinajstić information content (AvgIpc) is 3.08. The highest BCUT2D eigenvalue weighted by Crippen LogP contribution is 2.54. The van der Waals surface area contributed by atoms with Crippen molar-refractivity contribution in [1.29, 1.82) is 0 Å². The summed E-state index contributed by atoms with van der Waals surface area (Å²) in [6.45, 7) is 3.62. The van der Waals surface area contributed by atoms with Gasteiger partial charge < -0.3 is 23.7 Å². The Morgan fingerprint density at radius 3 is 2.04 bits per heavy atom. The molecule has 2 aliphatic rings. The first-order chi connectivity index (χ1) is 22.2. The molecular weight excluding hydrogens is 606 g/mol. The van der Waals surface area contributed by atoms with Crippen LogP contribution in [0, 0.1) is 0 Å². The zero-order chi connectivity index (χ0) is 32.7. The quantitative estimate of drug-likeness (QED) is 0.203. The molecule has 1 unspecified atom stereocenters. The molecule has 1 atom stereocenters. The molecule has 0 bridgehead atoms. The van der Waals surface area contributed by atoms with Crippen molar-refractivity contribution in [3.8, 4) is 23.0 Å². The molecule has 0 aromatic heterocycles. The van der Waals surface area contributed by atoms with E-state index in [4.69, 9.17) is 23.7 Å². The van der Waals surface area contributed by atoms with E-state index in [0.717, 1.165) is 41.9 Å². The second-order valence-electron chi connectivity index (χ2n) is 11.8. The Labute approximate surface area is 272 Å². The first-order valence-corrected chi connectivity index (χ1v) is 17.2. The summed E-state index contributed by atoms with van der Waals surface area (Å²) < 4.78 is 65.9. The van der Waals surface area contributed by atoms with E-state index in [1.54, 1.807) is 51.7 Å². The third kappa shape index (κ3) is 6.90. The lowest BCUT2D eigenvalue weighted by Gasteiger charge is -2.39. The van der Waals surface area contributed by atoms with E-state index in [0.29, 0.717) is 53.6 Å². The number of rotatable bonds is 14. The maximum absolute atomic E-state index is 14.0. The molecule has 3 aromatic carbocycles. The Hall–Kier alpha value is -3.57. The van der Waals surface area contributed by atoms with Gasteiger partial charge in [-0.1, -0.05) is 24.6 Å². The summed E-state index contributed by atoms with van der Waals surface area (Å²) in [6, 6.07) is 18.2. The average molecular weight is 652 g/mol. The van der Waals surface area contributed by atoms with Gasteiger partial charge in [-0.05, 0) is 103 Å². The number of ether oxygens (including phenoxy) is 5. The van der Waals surface area contributed by atoms with Crippen LogP contribution in [0.5, 0.6) is 23.0 Å². The predicted molar refractivity (Wildman–Crippen MR) is 180 cm³/mol. The smallest absolute Gasteiger partial charge is 0.279 e. The van der Waals surface area contributed by atoms with E-state index in [1.807, 2.05) is 30.3 Å². The molecule has 10 heteroatoms. The number of likely N-dealkylation sites (tertiary alicyclic amines) is 1. The first-order valence-electron chi connectivity index (χ1n) is 15.8. The molecule has 9 nitrogen and oxygen atoms in total. The minimum absolute atomic E-state index is 0.0275. The van der Waals surface area contributed by atoms with Gasteiger partial charge in [-0.15, -0.1) is 0 Å². The number of hydrogen-bond donors (Lipinski definition) is 1.